The van der Waals surface area contributed by atoms with Gasteiger partial charge in [0.05, 0.1) is 7.11 Å². The topological polar surface area (TPSA) is 24.5 Å². The van der Waals surface area contributed by atoms with E-state index in [4.69, 9.17) is 4.74 Å². The molecule has 1 aromatic carbocycles. The predicted molar refractivity (Wildman–Crippen MR) is 69.9 cm³/mol. The summed E-state index contributed by atoms with van der Waals surface area (Å²) in [5, 5.41) is 3.48. The van der Waals surface area contributed by atoms with Crippen molar-refractivity contribution in [2.45, 2.75) is 18.8 Å². The molecule has 2 aliphatic rings. The molecule has 1 aromatic rings. The van der Waals surface area contributed by atoms with E-state index in [9.17, 15) is 0 Å². The number of likely N-dealkylation sites (tertiary alicyclic amines) is 1. The van der Waals surface area contributed by atoms with Gasteiger partial charge in [0.2, 0.25) is 0 Å². The maximum atomic E-state index is 5.33. The molecule has 1 fully saturated rings. The van der Waals surface area contributed by atoms with Crippen LogP contribution in [0.2, 0.25) is 0 Å². The van der Waals surface area contributed by atoms with Gasteiger partial charge in [-0.15, -0.1) is 0 Å². The summed E-state index contributed by atoms with van der Waals surface area (Å²) < 4.78 is 5.33. The molecule has 1 atom stereocenters. The Hall–Kier alpha value is -1.22. The van der Waals surface area contributed by atoms with E-state index in [1.54, 1.807) is 7.11 Å². The zero-order chi connectivity index (χ0) is 11.7. The third kappa shape index (κ3) is 2.12. The summed E-state index contributed by atoms with van der Waals surface area (Å²) in [6, 6.07) is 6.39. The normalized spacial score (nSPS) is 23.5. The molecule has 17 heavy (non-hydrogen) atoms. The zero-order valence-electron chi connectivity index (χ0n) is 10.4. The van der Waals surface area contributed by atoms with E-state index in [1.165, 1.54) is 43.7 Å². The molecule has 2 aliphatic heterocycles. The fourth-order valence-corrected chi connectivity index (χ4v) is 2.77. The third-order valence-electron chi connectivity index (χ3n) is 3.93. The van der Waals surface area contributed by atoms with Crippen molar-refractivity contribution in [2.75, 3.05) is 38.6 Å². The lowest BCUT2D eigenvalue weighted by atomic mass is 9.89. The van der Waals surface area contributed by atoms with Crippen LogP contribution in [0.4, 0.5) is 5.69 Å². The van der Waals surface area contributed by atoms with Crippen LogP contribution in [0.5, 0.6) is 5.75 Å². The van der Waals surface area contributed by atoms with Gasteiger partial charge in [0.25, 0.3) is 0 Å². The second-order valence-corrected chi connectivity index (χ2v) is 5.02. The number of ether oxygens (including phenoxy) is 1. The van der Waals surface area contributed by atoms with Gasteiger partial charge in [-0.05, 0) is 49.7 Å². The van der Waals surface area contributed by atoms with Gasteiger partial charge >= 0.3 is 0 Å². The van der Waals surface area contributed by atoms with E-state index in [0.717, 1.165) is 12.3 Å². The molecule has 0 spiro atoms. The lowest BCUT2D eigenvalue weighted by molar-refractivity contribution is 0.167. The van der Waals surface area contributed by atoms with Crippen LogP contribution >= 0.6 is 0 Å². The van der Waals surface area contributed by atoms with Crippen LogP contribution in [0.25, 0.3) is 0 Å². The van der Waals surface area contributed by atoms with Crippen LogP contribution in [0.15, 0.2) is 18.2 Å². The Morgan fingerprint density at radius 2 is 2.29 bits per heavy atom. The molecule has 3 heteroatoms. The van der Waals surface area contributed by atoms with Crippen LogP contribution in [0, 0.1) is 0 Å². The molecule has 0 radical (unpaired) electrons. The lowest BCUT2D eigenvalue weighted by Crippen LogP contribution is -2.40. The number of rotatable bonds is 3. The monoisotopic (exact) mass is 232 g/mol. The average molecular weight is 232 g/mol. The molecule has 3 nitrogen and oxygen atoms in total. The average Bonchev–Trinajstić information content (AvgIpc) is 2.33. The molecule has 1 N–H and O–H groups in total. The Bertz CT molecular complexity index is 401. The maximum absolute atomic E-state index is 5.33. The van der Waals surface area contributed by atoms with E-state index < -0.39 is 0 Å². The third-order valence-corrected chi connectivity index (χ3v) is 3.93. The number of nitrogens with zero attached hydrogens (tertiary/aromatic N) is 1. The molecular weight excluding hydrogens is 212 g/mol. The predicted octanol–water partition coefficient (Wildman–Crippen LogP) is 2.30. The molecule has 3 rings (SSSR count). The van der Waals surface area contributed by atoms with E-state index in [0.29, 0.717) is 5.92 Å². The minimum absolute atomic E-state index is 0.668. The van der Waals surface area contributed by atoms with Crippen molar-refractivity contribution >= 4 is 5.69 Å². The van der Waals surface area contributed by atoms with Gasteiger partial charge in [-0.25, -0.2) is 0 Å². The van der Waals surface area contributed by atoms with Crippen molar-refractivity contribution in [3.05, 3.63) is 23.8 Å². The Labute approximate surface area is 103 Å². The summed E-state index contributed by atoms with van der Waals surface area (Å²) in [6.45, 7) is 4.87. The van der Waals surface area contributed by atoms with Crippen LogP contribution in [0.1, 0.15) is 24.3 Å². The summed E-state index contributed by atoms with van der Waals surface area (Å²) in [5.41, 5.74) is 2.73. The summed E-state index contributed by atoms with van der Waals surface area (Å²) in [5.74, 6) is 1.64. The highest BCUT2D eigenvalue weighted by atomic mass is 16.5. The van der Waals surface area contributed by atoms with Gasteiger partial charge in [0.15, 0.2) is 0 Å². The van der Waals surface area contributed by atoms with Crippen molar-refractivity contribution < 1.29 is 4.74 Å². The molecule has 2 heterocycles. The second kappa shape index (κ2) is 4.57. The highest BCUT2D eigenvalue weighted by Crippen LogP contribution is 2.35. The number of anilines is 1. The van der Waals surface area contributed by atoms with Gasteiger partial charge < -0.3 is 15.0 Å². The minimum Gasteiger partial charge on any atom is -0.497 e. The SMILES string of the molecule is COc1ccc2c(c1)C(CN1CCC1)CCN2. The first-order valence-electron chi connectivity index (χ1n) is 6.51. The molecular formula is C14H20N2O. The number of nitrogens with one attached hydrogen (secondary N) is 1. The molecule has 92 valence electrons. The molecule has 1 saturated heterocycles. The summed E-state index contributed by atoms with van der Waals surface area (Å²) in [7, 11) is 1.74. The number of fused-ring (bicyclic) bond motifs is 1. The second-order valence-electron chi connectivity index (χ2n) is 5.02. The fourth-order valence-electron chi connectivity index (χ4n) is 2.77. The first kappa shape index (κ1) is 10.9. The van der Waals surface area contributed by atoms with E-state index >= 15 is 0 Å². The standard InChI is InChI=1S/C14H20N2O/c1-17-12-3-4-14-13(9-12)11(5-6-15-14)10-16-7-2-8-16/h3-4,9,11,15H,2,5-8,10H2,1H3. The highest BCUT2D eigenvalue weighted by Gasteiger charge is 2.25. The van der Waals surface area contributed by atoms with Gasteiger partial charge in [-0.1, -0.05) is 0 Å². The first-order chi connectivity index (χ1) is 8.36. The van der Waals surface area contributed by atoms with Crippen molar-refractivity contribution in [1.29, 1.82) is 0 Å². The summed E-state index contributed by atoms with van der Waals surface area (Å²) >= 11 is 0. The van der Waals surface area contributed by atoms with Crippen molar-refractivity contribution in [2.24, 2.45) is 0 Å². The maximum Gasteiger partial charge on any atom is 0.119 e. The Balaban J connectivity index is 1.82. The highest BCUT2D eigenvalue weighted by molar-refractivity contribution is 5.57. The van der Waals surface area contributed by atoms with Crippen LogP contribution < -0.4 is 10.1 Å². The lowest BCUT2D eigenvalue weighted by Gasteiger charge is -2.36. The molecule has 0 saturated carbocycles. The van der Waals surface area contributed by atoms with E-state index in [1.807, 2.05) is 6.07 Å². The van der Waals surface area contributed by atoms with Gasteiger partial charge in [0.1, 0.15) is 5.75 Å². The van der Waals surface area contributed by atoms with E-state index in [2.05, 4.69) is 22.3 Å². The first-order valence-corrected chi connectivity index (χ1v) is 6.51. The Kier molecular flexibility index (Phi) is 2.93. The Morgan fingerprint density at radius 1 is 1.41 bits per heavy atom. The fraction of sp³-hybridized carbons (Fsp3) is 0.571. The smallest absolute Gasteiger partial charge is 0.119 e. The number of methoxy groups -OCH3 is 1. The van der Waals surface area contributed by atoms with Crippen molar-refractivity contribution in [1.82, 2.24) is 4.90 Å². The Morgan fingerprint density at radius 3 is 3.00 bits per heavy atom. The van der Waals surface area contributed by atoms with Crippen LogP contribution in [-0.4, -0.2) is 38.2 Å². The van der Waals surface area contributed by atoms with Crippen molar-refractivity contribution in [3.63, 3.8) is 0 Å². The molecule has 0 amide bonds. The quantitative estimate of drug-likeness (QED) is 0.865. The number of hydrogen-bond donors (Lipinski definition) is 1. The van der Waals surface area contributed by atoms with Crippen molar-refractivity contribution in [3.8, 4) is 5.75 Å². The largest absolute Gasteiger partial charge is 0.497 e. The van der Waals surface area contributed by atoms with Gasteiger partial charge in [0, 0.05) is 24.7 Å². The molecule has 0 bridgehead atoms. The molecule has 0 aromatic heterocycles. The summed E-state index contributed by atoms with van der Waals surface area (Å²) in [6.07, 6.45) is 2.60. The summed E-state index contributed by atoms with van der Waals surface area (Å²) in [4.78, 5) is 2.55. The van der Waals surface area contributed by atoms with Crippen LogP contribution in [0.3, 0.4) is 0 Å². The molecule has 0 aliphatic carbocycles. The number of benzene rings is 1. The van der Waals surface area contributed by atoms with E-state index in [-0.39, 0.29) is 0 Å². The zero-order valence-corrected chi connectivity index (χ0v) is 10.4. The van der Waals surface area contributed by atoms with Gasteiger partial charge in [-0.3, -0.25) is 0 Å². The van der Waals surface area contributed by atoms with Gasteiger partial charge in [-0.2, -0.15) is 0 Å². The minimum atomic E-state index is 0.668. The van der Waals surface area contributed by atoms with Crippen LogP contribution in [-0.2, 0) is 0 Å². The molecule has 1 unspecified atom stereocenters. The number of hydrogen-bond acceptors (Lipinski definition) is 3.